The fourth-order valence-electron chi connectivity index (χ4n) is 2.19. The molecule has 0 aromatic heterocycles. The van der Waals surface area contributed by atoms with Crippen molar-refractivity contribution in [2.24, 2.45) is 11.8 Å². The molecule has 0 aromatic rings. The molecule has 0 spiro atoms. The van der Waals surface area contributed by atoms with E-state index in [1.165, 1.54) is 0 Å². The van der Waals surface area contributed by atoms with Crippen molar-refractivity contribution in [3.63, 3.8) is 0 Å². The van der Waals surface area contributed by atoms with Gasteiger partial charge in [0, 0.05) is 5.92 Å². The Bertz CT molecular complexity index is 149. The molecular weight excluding hydrogens is 171 g/mol. The largest absolute Gasteiger partial charge is 0.393 e. The van der Waals surface area contributed by atoms with Gasteiger partial charge in [-0.3, -0.25) is 0 Å². The second-order valence-corrected chi connectivity index (χ2v) is 4.36. The molecule has 3 heteroatoms. The normalized spacial score (nSPS) is 59.7. The van der Waals surface area contributed by atoms with Crippen LogP contribution < -0.4 is 0 Å². The van der Waals surface area contributed by atoms with Crippen molar-refractivity contribution < 1.29 is 5.11 Å². The summed E-state index contributed by atoms with van der Waals surface area (Å²) in [4.78, 5) is 0. The zero-order valence-corrected chi connectivity index (χ0v) is 7.02. The number of aliphatic hydroxyl groups is 1. The summed E-state index contributed by atoms with van der Waals surface area (Å²) in [6.07, 6.45) is 1.72. The van der Waals surface area contributed by atoms with E-state index in [9.17, 15) is 5.11 Å². The third-order valence-electron chi connectivity index (χ3n) is 2.78. The van der Waals surface area contributed by atoms with Crippen LogP contribution in [0.1, 0.15) is 12.8 Å². The van der Waals surface area contributed by atoms with Crippen molar-refractivity contribution in [3.8, 4) is 0 Å². The summed E-state index contributed by atoms with van der Waals surface area (Å²) in [5, 5.41) is 9.48. The molecule has 0 radical (unpaired) electrons. The Morgan fingerprint density at radius 2 is 1.80 bits per heavy atom. The van der Waals surface area contributed by atoms with E-state index in [4.69, 9.17) is 23.2 Å². The lowest BCUT2D eigenvalue weighted by molar-refractivity contribution is 0.117. The van der Waals surface area contributed by atoms with Gasteiger partial charge in [-0.25, -0.2) is 0 Å². The smallest absolute Gasteiger partial charge is 0.0586 e. The molecule has 0 aliphatic heterocycles. The molecule has 2 saturated carbocycles. The standard InChI is InChI=1S/C7H10Cl2O/c8-6-3-1-4(7(6)9)5(10)2-3/h3-7,10H,1-2H2/t3-,4-,5-,6-,7+/m1/s1. The van der Waals surface area contributed by atoms with Crippen LogP contribution in [0.25, 0.3) is 0 Å². The first-order valence-electron chi connectivity index (χ1n) is 3.66. The maximum atomic E-state index is 9.36. The minimum Gasteiger partial charge on any atom is -0.393 e. The Morgan fingerprint density at radius 3 is 2.20 bits per heavy atom. The Balaban J connectivity index is 2.16. The van der Waals surface area contributed by atoms with Crippen LogP contribution in [0, 0.1) is 11.8 Å². The fraction of sp³-hybridized carbons (Fsp3) is 1.00. The molecule has 58 valence electrons. The minimum absolute atomic E-state index is 0.00965. The first kappa shape index (κ1) is 7.20. The molecular formula is C7H10Cl2O. The van der Waals surface area contributed by atoms with Crippen LogP contribution in [-0.2, 0) is 0 Å². The molecule has 1 N–H and O–H groups in total. The van der Waals surface area contributed by atoms with E-state index in [2.05, 4.69) is 0 Å². The molecule has 0 heterocycles. The van der Waals surface area contributed by atoms with Gasteiger partial charge >= 0.3 is 0 Å². The molecule has 0 aromatic carbocycles. The number of rotatable bonds is 0. The maximum absolute atomic E-state index is 9.36. The quantitative estimate of drug-likeness (QED) is 0.562. The van der Waals surface area contributed by atoms with Gasteiger partial charge in [0.05, 0.1) is 16.9 Å². The predicted octanol–water partition coefficient (Wildman–Crippen LogP) is 1.60. The third-order valence-corrected chi connectivity index (χ3v) is 4.13. The molecule has 5 atom stereocenters. The number of hydrogen-bond donors (Lipinski definition) is 1. The summed E-state index contributed by atoms with van der Waals surface area (Å²) in [6.45, 7) is 0. The van der Waals surface area contributed by atoms with Gasteiger partial charge in [0.25, 0.3) is 0 Å². The van der Waals surface area contributed by atoms with Gasteiger partial charge in [0.15, 0.2) is 0 Å². The Kier molecular flexibility index (Phi) is 1.63. The lowest BCUT2D eigenvalue weighted by Crippen LogP contribution is -2.32. The van der Waals surface area contributed by atoms with Crippen LogP contribution in [0.5, 0.6) is 0 Å². The average Bonchev–Trinajstić information content (AvgIpc) is 2.36. The van der Waals surface area contributed by atoms with Crippen molar-refractivity contribution in [3.05, 3.63) is 0 Å². The number of fused-ring (bicyclic) bond motifs is 2. The van der Waals surface area contributed by atoms with E-state index < -0.39 is 0 Å². The van der Waals surface area contributed by atoms with Crippen molar-refractivity contribution >= 4 is 23.2 Å². The Hall–Kier alpha value is 0.540. The van der Waals surface area contributed by atoms with Crippen molar-refractivity contribution in [1.82, 2.24) is 0 Å². The van der Waals surface area contributed by atoms with Gasteiger partial charge in [-0.15, -0.1) is 23.2 Å². The zero-order valence-electron chi connectivity index (χ0n) is 5.50. The van der Waals surface area contributed by atoms with Gasteiger partial charge in [-0.05, 0) is 18.8 Å². The highest BCUT2D eigenvalue weighted by molar-refractivity contribution is 6.30. The highest BCUT2D eigenvalue weighted by Gasteiger charge is 2.50. The highest BCUT2D eigenvalue weighted by atomic mass is 35.5. The van der Waals surface area contributed by atoms with Crippen molar-refractivity contribution in [1.29, 1.82) is 0 Å². The van der Waals surface area contributed by atoms with Gasteiger partial charge < -0.3 is 5.11 Å². The predicted molar refractivity (Wildman–Crippen MR) is 41.5 cm³/mol. The molecule has 2 aliphatic carbocycles. The fourth-order valence-corrected chi connectivity index (χ4v) is 3.06. The second-order valence-electron chi connectivity index (χ2n) is 3.35. The SMILES string of the molecule is O[C@@H]1C[C@H]2C[C@H]1[C@H](Cl)[C@@H]2Cl. The molecule has 0 unspecified atom stereocenters. The van der Waals surface area contributed by atoms with E-state index >= 15 is 0 Å². The Labute approximate surface area is 70.3 Å². The summed E-state index contributed by atoms with van der Waals surface area (Å²) in [5.41, 5.74) is 0. The van der Waals surface area contributed by atoms with Crippen LogP contribution >= 0.6 is 23.2 Å². The average molecular weight is 181 g/mol. The minimum atomic E-state index is -0.178. The summed E-state index contributed by atoms with van der Waals surface area (Å²) in [5.74, 6) is 0.748. The monoisotopic (exact) mass is 180 g/mol. The lowest BCUT2D eigenvalue weighted by Gasteiger charge is -2.24. The van der Waals surface area contributed by atoms with Crippen LogP contribution in [0.2, 0.25) is 0 Å². The number of aliphatic hydroxyl groups excluding tert-OH is 1. The van der Waals surface area contributed by atoms with E-state index in [0.29, 0.717) is 5.92 Å². The number of alkyl halides is 2. The van der Waals surface area contributed by atoms with Gasteiger partial charge in [-0.1, -0.05) is 0 Å². The van der Waals surface area contributed by atoms with E-state index in [1.54, 1.807) is 0 Å². The first-order chi connectivity index (χ1) is 4.70. The topological polar surface area (TPSA) is 20.2 Å². The molecule has 2 rings (SSSR count). The number of halogens is 2. The van der Waals surface area contributed by atoms with Gasteiger partial charge in [0.2, 0.25) is 0 Å². The molecule has 2 bridgehead atoms. The van der Waals surface area contributed by atoms with Crippen LogP contribution in [-0.4, -0.2) is 22.0 Å². The van der Waals surface area contributed by atoms with Crippen LogP contribution in [0.3, 0.4) is 0 Å². The molecule has 2 aliphatic rings. The summed E-state index contributed by atoms with van der Waals surface area (Å²) in [6, 6.07) is 0. The first-order valence-corrected chi connectivity index (χ1v) is 4.53. The van der Waals surface area contributed by atoms with Gasteiger partial charge in [0.1, 0.15) is 0 Å². The Morgan fingerprint density at radius 1 is 1.10 bits per heavy atom. The van der Waals surface area contributed by atoms with Crippen LogP contribution in [0.4, 0.5) is 0 Å². The van der Waals surface area contributed by atoms with E-state index in [1.807, 2.05) is 0 Å². The van der Waals surface area contributed by atoms with Crippen molar-refractivity contribution in [2.75, 3.05) is 0 Å². The second kappa shape index (κ2) is 2.26. The summed E-state index contributed by atoms with van der Waals surface area (Å²) in [7, 11) is 0. The lowest BCUT2D eigenvalue weighted by atomic mass is 9.97. The summed E-state index contributed by atoms with van der Waals surface area (Å²) < 4.78 is 0. The molecule has 2 fully saturated rings. The van der Waals surface area contributed by atoms with E-state index in [-0.39, 0.29) is 22.8 Å². The molecule has 10 heavy (non-hydrogen) atoms. The van der Waals surface area contributed by atoms with Crippen LogP contribution in [0.15, 0.2) is 0 Å². The van der Waals surface area contributed by atoms with Gasteiger partial charge in [-0.2, -0.15) is 0 Å². The molecule has 0 amide bonds. The zero-order chi connectivity index (χ0) is 7.30. The highest BCUT2D eigenvalue weighted by Crippen LogP contribution is 2.49. The molecule has 0 saturated heterocycles. The third kappa shape index (κ3) is 0.806. The summed E-state index contributed by atoms with van der Waals surface area (Å²) >= 11 is 11.9. The maximum Gasteiger partial charge on any atom is 0.0586 e. The van der Waals surface area contributed by atoms with E-state index in [0.717, 1.165) is 12.8 Å². The number of hydrogen-bond acceptors (Lipinski definition) is 1. The molecule has 1 nitrogen and oxygen atoms in total. The van der Waals surface area contributed by atoms with Crippen molar-refractivity contribution in [2.45, 2.75) is 29.7 Å².